The van der Waals surface area contributed by atoms with Crippen molar-refractivity contribution < 1.29 is 35.8 Å². The summed E-state index contributed by atoms with van der Waals surface area (Å²) in [4.78, 5) is 0. The fourth-order valence-corrected chi connectivity index (χ4v) is 2.12. The van der Waals surface area contributed by atoms with Crippen molar-refractivity contribution in [2.75, 3.05) is 13.9 Å². The molecule has 1 aromatic rings. The van der Waals surface area contributed by atoms with Gasteiger partial charge >= 0.3 is 12.4 Å². The summed E-state index contributed by atoms with van der Waals surface area (Å²) < 4.78 is 88.2. The van der Waals surface area contributed by atoms with Crippen LogP contribution in [0, 0.1) is 0 Å². The Morgan fingerprint density at radius 2 is 1.59 bits per heavy atom. The summed E-state index contributed by atoms with van der Waals surface area (Å²) in [5.74, 6) is 0. The van der Waals surface area contributed by atoms with Gasteiger partial charge in [-0.15, -0.1) is 0 Å². The summed E-state index contributed by atoms with van der Waals surface area (Å²) in [6, 6.07) is 4.26. The van der Waals surface area contributed by atoms with Crippen LogP contribution >= 0.6 is 0 Å². The Labute approximate surface area is 124 Å². The Morgan fingerprint density at radius 1 is 1.00 bits per heavy atom. The zero-order chi connectivity index (χ0) is 17.0. The summed E-state index contributed by atoms with van der Waals surface area (Å²) in [6.07, 6.45) is -10.4. The molecule has 0 N–H and O–H groups in total. The molecule has 8 heteroatoms. The van der Waals surface area contributed by atoms with Gasteiger partial charge in [0.15, 0.2) is 0 Å². The van der Waals surface area contributed by atoms with Crippen LogP contribution in [-0.2, 0) is 21.5 Å². The number of methoxy groups -OCH3 is 1. The molecule has 0 radical (unpaired) electrons. The van der Waals surface area contributed by atoms with Gasteiger partial charge in [-0.05, 0) is 12.0 Å². The van der Waals surface area contributed by atoms with E-state index in [9.17, 15) is 26.3 Å². The Bertz CT molecular complexity index is 467. The molecule has 0 aliphatic rings. The molecule has 0 saturated heterocycles. The molecule has 0 spiro atoms. The summed E-state index contributed by atoms with van der Waals surface area (Å²) in [5.41, 5.74) is -5.05. The molecule has 0 amide bonds. The summed E-state index contributed by atoms with van der Waals surface area (Å²) in [5, 5.41) is 0. The van der Waals surface area contributed by atoms with E-state index in [-0.39, 0.29) is 0 Å². The predicted molar refractivity (Wildman–Crippen MR) is 67.2 cm³/mol. The number of alkyl halides is 6. The smallest absolute Gasteiger partial charge is 0.359 e. The van der Waals surface area contributed by atoms with Crippen molar-refractivity contribution in [1.29, 1.82) is 0 Å². The topological polar surface area (TPSA) is 18.5 Å². The lowest BCUT2D eigenvalue weighted by Gasteiger charge is -2.37. The van der Waals surface area contributed by atoms with Crippen molar-refractivity contribution in [2.45, 2.75) is 37.7 Å². The van der Waals surface area contributed by atoms with Crippen LogP contribution in [-0.4, -0.2) is 26.3 Å². The lowest BCUT2D eigenvalue weighted by molar-refractivity contribution is -0.400. The van der Waals surface area contributed by atoms with Gasteiger partial charge in [0, 0.05) is 12.7 Å². The normalized spacial score (nSPS) is 13.5. The Hall–Kier alpha value is -1.28. The average Bonchev–Trinajstić information content (AvgIpc) is 2.37. The molecule has 0 heterocycles. The van der Waals surface area contributed by atoms with Gasteiger partial charge in [-0.25, -0.2) is 0 Å². The van der Waals surface area contributed by atoms with E-state index < -0.39 is 30.3 Å². The second-order valence-electron chi connectivity index (χ2n) is 4.68. The van der Waals surface area contributed by atoms with E-state index in [0.29, 0.717) is 18.4 Å². The van der Waals surface area contributed by atoms with Gasteiger partial charge < -0.3 is 9.47 Å². The minimum atomic E-state index is -5.69. The number of ether oxygens (including phenoxy) is 2. The number of rotatable bonds is 6. The molecule has 1 aromatic carbocycles. The van der Waals surface area contributed by atoms with Gasteiger partial charge in [-0.2, -0.15) is 26.3 Å². The molecular weight excluding hydrogens is 314 g/mol. The van der Waals surface area contributed by atoms with Crippen LogP contribution in [0.2, 0.25) is 0 Å². The van der Waals surface area contributed by atoms with Crippen molar-refractivity contribution in [2.24, 2.45) is 0 Å². The number of halogens is 6. The van der Waals surface area contributed by atoms with Gasteiger partial charge in [-0.3, -0.25) is 0 Å². The summed E-state index contributed by atoms with van der Waals surface area (Å²) in [7, 11) is 0.949. The van der Waals surface area contributed by atoms with Crippen molar-refractivity contribution in [3.63, 3.8) is 0 Å². The maximum absolute atomic E-state index is 13.3. The van der Waals surface area contributed by atoms with E-state index in [1.54, 1.807) is 6.92 Å². The second kappa shape index (κ2) is 6.87. The monoisotopic (exact) mass is 330 g/mol. The highest BCUT2D eigenvalue weighted by atomic mass is 19.4. The molecule has 0 aromatic heterocycles. The molecule has 0 unspecified atom stereocenters. The van der Waals surface area contributed by atoms with Crippen LogP contribution in [0.5, 0.6) is 0 Å². The van der Waals surface area contributed by atoms with Gasteiger partial charge in [0.05, 0.1) is 0 Å². The maximum Gasteiger partial charge on any atom is 0.430 e. The minimum Gasteiger partial charge on any atom is -0.359 e. The van der Waals surface area contributed by atoms with Crippen LogP contribution in [0.3, 0.4) is 0 Å². The Balaban J connectivity index is 3.50. The van der Waals surface area contributed by atoms with Crippen LogP contribution in [0.4, 0.5) is 26.3 Å². The number of benzene rings is 1. The van der Waals surface area contributed by atoms with Gasteiger partial charge in [0.2, 0.25) is 0 Å². The van der Waals surface area contributed by atoms with Crippen molar-refractivity contribution in [3.8, 4) is 0 Å². The highest BCUT2D eigenvalue weighted by molar-refractivity contribution is 5.31. The van der Waals surface area contributed by atoms with E-state index in [0.717, 1.165) is 25.3 Å². The van der Waals surface area contributed by atoms with Crippen LogP contribution < -0.4 is 0 Å². The highest BCUT2D eigenvalue weighted by Gasteiger charge is 2.73. The largest absolute Gasteiger partial charge is 0.430 e. The Morgan fingerprint density at radius 3 is 2.05 bits per heavy atom. The molecule has 0 aliphatic carbocycles. The fourth-order valence-electron chi connectivity index (χ4n) is 2.12. The van der Waals surface area contributed by atoms with Crippen LogP contribution in [0.1, 0.15) is 24.5 Å². The molecule has 0 saturated carbocycles. The molecule has 0 fully saturated rings. The number of hydrogen-bond donors (Lipinski definition) is 0. The standard InChI is InChI=1S/C14H16F6O2/c1-3-5-10-6-4-7-11(8-10)12(13(15,16)17,14(18,19)20)22-9-21-2/h4,6-8H,3,5,9H2,1-2H3. The molecule has 22 heavy (non-hydrogen) atoms. The van der Waals surface area contributed by atoms with E-state index in [1.807, 2.05) is 0 Å². The molecule has 0 atom stereocenters. The zero-order valence-electron chi connectivity index (χ0n) is 12.0. The number of hydrogen-bond acceptors (Lipinski definition) is 2. The minimum absolute atomic E-state index is 0.365. The molecule has 0 bridgehead atoms. The number of aryl methyl sites for hydroxylation is 1. The molecule has 126 valence electrons. The van der Waals surface area contributed by atoms with Crippen LogP contribution in [0.15, 0.2) is 24.3 Å². The third kappa shape index (κ3) is 3.55. The molecular formula is C14H16F6O2. The summed E-state index contributed by atoms with van der Waals surface area (Å²) >= 11 is 0. The first-order chi connectivity index (χ1) is 10.1. The lowest BCUT2D eigenvalue weighted by atomic mass is 9.90. The third-order valence-electron chi connectivity index (χ3n) is 3.06. The second-order valence-corrected chi connectivity index (χ2v) is 4.68. The maximum atomic E-state index is 13.3. The third-order valence-corrected chi connectivity index (χ3v) is 3.06. The van der Waals surface area contributed by atoms with Crippen molar-refractivity contribution >= 4 is 0 Å². The van der Waals surface area contributed by atoms with Gasteiger partial charge in [0.1, 0.15) is 6.79 Å². The first-order valence-electron chi connectivity index (χ1n) is 6.46. The molecule has 2 nitrogen and oxygen atoms in total. The quantitative estimate of drug-likeness (QED) is 0.561. The molecule has 1 rings (SSSR count). The average molecular weight is 330 g/mol. The van der Waals surface area contributed by atoms with Gasteiger partial charge in [-0.1, -0.05) is 37.6 Å². The van der Waals surface area contributed by atoms with E-state index in [4.69, 9.17) is 0 Å². The first kappa shape index (κ1) is 18.8. The van der Waals surface area contributed by atoms with E-state index >= 15 is 0 Å². The first-order valence-corrected chi connectivity index (χ1v) is 6.46. The fraction of sp³-hybridized carbons (Fsp3) is 0.571. The highest BCUT2D eigenvalue weighted by Crippen LogP contribution is 2.53. The van der Waals surface area contributed by atoms with Crippen LogP contribution in [0.25, 0.3) is 0 Å². The predicted octanol–water partition coefficient (Wildman–Crippen LogP) is 4.58. The van der Waals surface area contributed by atoms with E-state index in [2.05, 4.69) is 9.47 Å². The summed E-state index contributed by atoms with van der Waals surface area (Å²) in [6.45, 7) is 0.631. The van der Waals surface area contributed by atoms with Crippen molar-refractivity contribution in [3.05, 3.63) is 35.4 Å². The van der Waals surface area contributed by atoms with Gasteiger partial charge in [0.25, 0.3) is 5.60 Å². The lowest BCUT2D eigenvalue weighted by Crippen LogP contribution is -2.56. The SMILES string of the molecule is CCCc1cccc(C(OCOC)(C(F)(F)F)C(F)(F)F)c1. The zero-order valence-corrected chi connectivity index (χ0v) is 12.0. The van der Waals surface area contributed by atoms with E-state index in [1.165, 1.54) is 6.07 Å². The molecule has 0 aliphatic heterocycles. The Kier molecular flexibility index (Phi) is 5.86. The van der Waals surface area contributed by atoms with Crippen molar-refractivity contribution in [1.82, 2.24) is 0 Å².